The van der Waals surface area contributed by atoms with Gasteiger partial charge in [0.25, 0.3) is 5.89 Å². The summed E-state index contributed by atoms with van der Waals surface area (Å²) >= 11 is 1.62. The highest BCUT2D eigenvalue weighted by Gasteiger charge is 2.16. The number of pyridine rings is 1. The molecule has 7 nitrogen and oxygen atoms in total. The van der Waals surface area contributed by atoms with Crippen LogP contribution in [0.15, 0.2) is 34.4 Å². The largest absolute Gasteiger partial charge is 0.383 e. The van der Waals surface area contributed by atoms with E-state index in [0.717, 1.165) is 15.8 Å². The van der Waals surface area contributed by atoms with Gasteiger partial charge >= 0.3 is 0 Å². The molecule has 0 aliphatic heterocycles. The monoisotopic (exact) mass is 298 g/mol. The van der Waals surface area contributed by atoms with Gasteiger partial charge in [-0.05, 0) is 17.5 Å². The van der Waals surface area contributed by atoms with Crippen molar-refractivity contribution in [3.05, 3.63) is 29.9 Å². The van der Waals surface area contributed by atoms with Crippen LogP contribution in [0.4, 0.5) is 5.82 Å². The molecule has 4 aromatic heterocycles. The SMILES string of the molecule is Cn1ncc(-c2nc(-c3cnc4ccsc4c3)no2)c1N. The van der Waals surface area contributed by atoms with Gasteiger partial charge in [-0.25, -0.2) is 0 Å². The smallest absolute Gasteiger partial charge is 0.263 e. The molecule has 0 aliphatic rings. The second kappa shape index (κ2) is 4.38. The summed E-state index contributed by atoms with van der Waals surface area (Å²) in [5.41, 5.74) is 8.30. The first kappa shape index (κ1) is 12.0. The standard InChI is InChI=1S/C13H10N6OS/c1-19-11(14)8(6-16-19)13-17-12(18-20-13)7-4-10-9(15-5-7)2-3-21-10/h2-6H,14H2,1H3. The Morgan fingerprint density at radius 1 is 1.33 bits per heavy atom. The van der Waals surface area contributed by atoms with Gasteiger partial charge in [-0.2, -0.15) is 10.1 Å². The molecule has 0 radical (unpaired) electrons. The van der Waals surface area contributed by atoms with Crippen molar-refractivity contribution in [2.24, 2.45) is 7.05 Å². The first-order chi connectivity index (χ1) is 10.2. The molecule has 0 spiro atoms. The molecule has 8 heteroatoms. The quantitative estimate of drug-likeness (QED) is 0.610. The van der Waals surface area contributed by atoms with E-state index in [0.29, 0.717) is 23.1 Å². The maximum Gasteiger partial charge on any atom is 0.263 e. The van der Waals surface area contributed by atoms with Gasteiger partial charge < -0.3 is 10.3 Å². The van der Waals surface area contributed by atoms with Crippen molar-refractivity contribution < 1.29 is 4.52 Å². The van der Waals surface area contributed by atoms with Crippen LogP contribution in [0.2, 0.25) is 0 Å². The fourth-order valence-corrected chi connectivity index (χ4v) is 2.81. The van der Waals surface area contributed by atoms with E-state index in [9.17, 15) is 0 Å². The summed E-state index contributed by atoms with van der Waals surface area (Å²) in [7, 11) is 1.75. The van der Waals surface area contributed by atoms with Crippen molar-refractivity contribution in [1.29, 1.82) is 0 Å². The van der Waals surface area contributed by atoms with E-state index >= 15 is 0 Å². The predicted octanol–water partition coefficient (Wildman–Crippen LogP) is 2.33. The van der Waals surface area contributed by atoms with Gasteiger partial charge in [-0.15, -0.1) is 11.3 Å². The van der Waals surface area contributed by atoms with Crippen LogP contribution in [0.3, 0.4) is 0 Å². The molecule has 4 aromatic rings. The van der Waals surface area contributed by atoms with Crippen LogP contribution in [0, 0.1) is 0 Å². The molecule has 0 saturated carbocycles. The molecule has 0 bridgehead atoms. The van der Waals surface area contributed by atoms with Crippen molar-refractivity contribution in [2.45, 2.75) is 0 Å². The van der Waals surface area contributed by atoms with Gasteiger partial charge in [0.2, 0.25) is 5.82 Å². The van der Waals surface area contributed by atoms with Crippen LogP contribution in [-0.4, -0.2) is 24.9 Å². The lowest BCUT2D eigenvalue weighted by Crippen LogP contribution is -1.98. The number of rotatable bonds is 2. The second-order valence-corrected chi connectivity index (χ2v) is 5.47. The van der Waals surface area contributed by atoms with Crippen LogP contribution in [0.5, 0.6) is 0 Å². The summed E-state index contributed by atoms with van der Waals surface area (Å²) in [5, 5.41) is 10.1. The summed E-state index contributed by atoms with van der Waals surface area (Å²) in [5.74, 6) is 1.31. The van der Waals surface area contributed by atoms with Crippen LogP contribution < -0.4 is 5.73 Å². The van der Waals surface area contributed by atoms with Crippen LogP contribution in [0.1, 0.15) is 0 Å². The molecule has 0 amide bonds. The van der Waals surface area contributed by atoms with E-state index < -0.39 is 0 Å². The molecule has 0 fully saturated rings. The Hall–Kier alpha value is -2.74. The van der Waals surface area contributed by atoms with Crippen molar-refractivity contribution in [2.75, 3.05) is 5.73 Å². The third-order valence-electron chi connectivity index (χ3n) is 3.20. The van der Waals surface area contributed by atoms with Gasteiger partial charge in [0.05, 0.1) is 16.4 Å². The Kier molecular flexibility index (Phi) is 2.51. The summed E-state index contributed by atoms with van der Waals surface area (Å²) < 4.78 is 7.91. The summed E-state index contributed by atoms with van der Waals surface area (Å²) in [6.07, 6.45) is 3.34. The molecule has 0 unspecified atom stereocenters. The van der Waals surface area contributed by atoms with Crippen molar-refractivity contribution in [3.8, 4) is 22.8 Å². The van der Waals surface area contributed by atoms with Crippen LogP contribution >= 0.6 is 11.3 Å². The molecular weight excluding hydrogens is 288 g/mol. The Balaban J connectivity index is 1.78. The number of nitrogen functional groups attached to an aromatic ring is 1. The summed E-state index contributed by atoms with van der Waals surface area (Å²) in [6.45, 7) is 0. The van der Waals surface area contributed by atoms with Gasteiger partial charge in [0, 0.05) is 18.8 Å². The lowest BCUT2D eigenvalue weighted by Gasteiger charge is -1.94. The first-order valence-electron chi connectivity index (χ1n) is 6.17. The number of hydrogen-bond donors (Lipinski definition) is 1. The average Bonchev–Trinajstić information content (AvgIpc) is 3.19. The molecule has 0 aliphatic carbocycles. The summed E-state index contributed by atoms with van der Waals surface area (Å²) in [6, 6.07) is 3.97. The van der Waals surface area contributed by atoms with Gasteiger partial charge in [-0.3, -0.25) is 9.67 Å². The molecule has 0 aromatic carbocycles. The number of nitrogens with two attached hydrogens (primary N) is 1. The fourth-order valence-electron chi connectivity index (χ4n) is 2.03. The Morgan fingerprint density at radius 3 is 3.05 bits per heavy atom. The number of thiophene rings is 1. The number of aromatic nitrogens is 5. The zero-order chi connectivity index (χ0) is 14.4. The van der Waals surface area contributed by atoms with E-state index in [2.05, 4.69) is 20.2 Å². The zero-order valence-corrected chi connectivity index (χ0v) is 11.8. The number of aryl methyl sites for hydroxylation is 1. The number of hydrogen-bond acceptors (Lipinski definition) is 7. The second-order valence-electron chi connectivity index (χ2n) is 4.52. The van der Waals surface area contributed by atoms with E-state index in [4.69, 9.17) is 10.3 Å². The van der Waals surface area contributed by atoms with Crippen molar-refractivity contribution >= 4 is 27.4 Å². The number of nitrogens with zero attached hydrogens (tertiary/aromatic N) is 5. The normalized spacial score (nSPS) is 11.3. The lowest BCUT2D eigenvalue weighted by atomic mass is 10.2. The Morgan fingerprint density at radius 2 is 2.24 bits per heavy atom. The molecule has 2 N–H and O–H groups in total. The molecule has 4 rings (SSSR count). The van der Waals surface area contributed by atoms with Crippen molar-refractivity contribution in [3.63, 3.8) is 0 Å². The molecule has 0 atom stereocenters. The third kappa shape index (κ3) is 1.88. The first-order valence-corrected chi connectivity index (χ1v) is 7.05. The minimum Gasteiger partial charge on any atom is -0.383 e. The number of anilines is 1. The van der Waals surface area contributed by atoms with E-state index in [1.807, 2.05) is 17.5 Å². The minimum atomic E-state index is 0.349. The highest BCUT2D eigenvalue weighted by Crippen LogP contribution is 2.28. The van der Waals surface area contributed by atoms with E-state index in [1.165, 1.54) is 0 Å². The Labute approximate surface area is 123 Å². The topological polar surface area (TPSA) is 95.6 Å². The minimum absolute atomic E-state index is 0.349. The maximum absolute atomic E-state index is 5.91. The van der Waals surface area contributed by atoms with Crippen molar-refractivity contribution in [1.82, 2.24) is 24.9 Å². The number of fused-ring (bicyclic) bond motifs is 1. The molecule has 0 saturated heterocycles. The van der Waals surface area contributed by atoms with Crippen LogP contribution in [-0.2, 0) is 7.05 Å². The highest BCUT2D eigenvalue weighted by atomic mass is 32.1. The van der Waals surface area contributed by atoms with Gasteiger partial charge in [0.1, 0.15) is 11.4 Å². The highest BCUT2D eigenvalue weighted by molar-refractivity contribution is 7.17. The molecular formula is C13H10N6OS. The Bertz CT molecular complexity index is 937. The molecule has 4 heterocycles. The van der Waals surface area contributed by atoms with Gasteiger partial charge in [0.15, 0.2) is 0 Å². The zero-order valence-electron chi connectivity index (χ0n) is 11.0. The summed E-state index contributed by atoms with van der Waals surface area (Å²) in [4.78, 5) is 8.74. The van der Waals surface area contributed by atoms with Crippen LogP contribution in [0.25, 0.3) is 33.1 Å². The average molecular weight is 298 g/mol. The predicted molar refractivity (Wildman–Crippen MR) is 79.5 cm³/mol. The third-order valence-corrected chi connectivity index (χ3v) is 4.06. The van der Waals surface area contributed by atoms with E-state index in [1.54, 1.807) is 35.5 Å². The molecule has 104 valence electrons. The lowest BCUT2D eigenvalue weighted by molar-refractivity contribution is 0.432. The fraction of sp³-hybridized carbons (Fsp3) is 0.0769. The van der Waals surface area contributed by atoms with Gasteiger partial charge in [-0.1, -0.05) is 5.16 Å². The van der Waals surface area contributed by atoms with E-state index in [-0.39, 0.29) is 0 Å². The molecule has 21 heavy (non-hydrogen) atoms. The maximum atomic E-state index is 5.91.